The summed E-state index contributed by atoms with van der Waals surface area (Å²) in [6.45, 7) is 3.06. The Kier molecular flexibility index (Phi) is 5.32. The monoisotopic (exact) mass is 364 g/mol. The molecule has 132 valence electrons. The van der Waals surface area contributed by atoms with Crippen LogP contribution >= 0.6 is 11.8 Å². The number of carbonyl (C=O) groups excluding carboxylic acids is 2. The summed E-state index contributed by atoms with van der Waals surface area (Å²) in [5.74, 6) is 0.0181. The number of aromatic nitrogens is 2. The van der Waals surface area contributed by atoms with E-state index in [9.17, 15) is 14.0 Å². The van der Waals surface area contributed by atoms with Crippen LogP contribution in [0, 0.1) is 12.7 Å². The number of thioether (sulfide) groups is 1. The van der Waals surface area contributed by atoms with Crippen LogP contribution in [0.1, 0.15) is 11.5 Å². The van der Waals surface area contributed by atoms with Crippen LogP contribution in [0.2, 0.25) is 0 Å². The van der Waals surface area contributed by atoms with Crippen molar-refractivity contribution in [2.45, 2.75) is 18.7 Å². The van der Waals surface area contributed by atoms with Crippen molar-refractivity contribution in [1.29, 1.82) is 0 Å². The molecule has 1 fully saturated rings. The predicted molar refractivity (Wildman–Crippen MR) is 88.2 cm³/mol. The SMILES string of the molecule is Cc1nnc(SCC(=O)N2CCN(Cc3ccc(F)cc3)C(=O)C2)o1. The van der Waals surface area contributed by atoms with Gasteiger partial charge in [-0.05, 0) is 17.7 Å². The van der Waals surface area contributed by atoms with E-state index < -0.39 is 0 Å². The first-order chi connectivity index (χ1) is 12.0. The zero-order valence-electron chi connectivity index (χ0n) is 13.6. The number of hydrogen-bond acceptors (Lipinski definition) is 6. The third kappa shape index (κ3) is 4.56. The average Bonchev–Trinajstić information content (AvgIpc) is 3.02. The van der Waals surface area contributed by atoms with Crippen LogP contribution < -0.4 is 0 Å². The topological polar surface area (TPSA) is 79.5 Å². The van der Waals surface area contributed by atoms with E-state index in [-0.39, 0.29) is 29.9 Å². The van der Waals surface area contributed by atoms with Gasteiger partial charge in [0.2, 0.25) is 17.7 Å². The van der Waals surface area contributed by atoms with Crippen molar-refractivity contribution >= 4 is 23.6 Å². The third-order valence-corrected chi connectivity index (χ3v) is 4.59. The molecule has 25 heavy (non-hydrogen) atoms. The fourth-order valence-corrected chi connectivity index (χ4v) is 3.16. The van der Waals surface area contributed by atoms with Gasteiger partial charge in [0, 0.05) is 26.6 Å². The first kappa shape index (κ1) is 17.4. The number of halogens is 1. The molecular weight excluding hydrogens is 347 g/mol. The number of aryl methyl sites for hydroxylation is 1. The molecule has 0 spiro atoms. The summed E-state index contributed by atoms with van der Waals surface area (Å²) in [5, 5.41) is 7.85. The molecule has 0 aliphatic carbocycles. The van der Waals surface area contributed by atoms with Gasteiger partial charge in [-0.25, -0.2) is 4.39 Å². The van der Waals surface area contributed by atoms with Crippen LogP contribution in [-0.4, -0.2) is 57.2 Å². The van der Waals surface area contributed by atoms with Crippen LogP contribution in [0.4, 0.5) is 4.39 Å². The Labute approximate surface area is 148 Å². The number of hydrogen-bond donors (Lipinski definition) is 0. The minimum Gasteiger partial charge on any atom is -0.416 e. The van der Waals surface area contributed by atoms with E-state index in [0.29, 0.717) is 30.7 Å². The van der Waals surface area contributed by atoms with Crippen LogP contribution in [0.5, 0.6) is 0 Å². The molecule has 3 rings (SSSR count). The molecule has 0 atom stereocenters. The zero-order chi connectivity index (χ0) is 17.8. The van der Waals surface area contributed by atoms with Crippen molar-refractivity contribution in [2.24, 2.45) is 0 Å². The molecule has 0 N–H and O–H groups in total. The predicted octanol–water partition coefficient (Wildman–Crippen LogP) is 1.48. The Hall–Kier alpha value is -2.42. The fraction of sp³-hybridized carbons (Fsp3) is 0.375. The maximum Gasteiger partial charge on any atom is 0.277 e. The molecule has 7 nitrogen and oxygen atoms in total. The highest BCUT2D eigenvalue weighted by Gasteiger charge is 2.27. The van der Waals surface area contributed by atoms with E-state index in [4.69, 9.17) is 4.42 Å². The lowest BCUT2D eigenvalue weighted by Gasteiger charge is -2.34. The molecule has 2 heterocycles. The number of piperazine rings is 1. The van der Waals surface area contributed by atoms with Gasteiger partial charge in [-0.3, -0.25) is 9.59 Å². The molecule has 0 bridgehead atoms. The lowest BCUT2D eigenvalue weighted by atomic mass is 10.2. The van der Waals surface area contributed by atoms with Crippen LogP contribution in [-0.2, 0) is 16.1 Å². The summed E-state index contributed by atoms with van der Waals surface area (Å²) in [6, 6.07) is 6.05. The van der Waals surface area contributed by atoms with E-state index in [2.05, 4.69) is 10.2 Å². The smallest absolute Gasteiger partial charge is 0.277 e. The zero-order valence-corrected chi connectivity index (χ0v) is 14.5. The van der Waals surface area contributed by atoms with Gasteiger partial charge in [-0.2, -0.15) is 0 Å². The largest absolute Gasteiger partial charge is 0.416 e. The number of rotatable bonds is 5. The molecule has 1 saturated heterocycles. The molecule has 1 aliphatic heterocycles. The van der Waals surface area contributed by atoms with E-state index in [1.54, 1.807) is 24.0 Å². The highest BCUT2D eigenvalue weighted by atomic mass is 32.2. The van der Waals surface area contributed by atoms with E-state index in [1.165, 1.54) is 17.0 Å². The summed E-state index contributed by atoms with van der Waals surface area (Å²) in [5.41, 5.74) is 0.858. The van der Waals surface area contributed by atoms with Gasteiger partial charge < -0.3 is 14.2 Å². The Balaban J connectivity index is 1.49. The first-order valence-corrected chi connectivity index (χ1v) is 8.73. The second-order valence-corrected chi connectivity index (χ2v) is 6.56. The van der Waals surface area contributed by atoms with Crippen LogP contribution in [0.3, 0.4) is 0 Å². The van der Waals surface area contributed by atoms with Crippen molar-refractivity contribution in [3.8, 4) is 0 Å². The molecule has 2 aromatic rings. The molecule has 0 saturated carbocycles. The van der Waals surface area contributed by atoms with Gasteiger partial charge in [0.1, 0.15) is 5.82 Å². The Morgan fingerprint density at radius 3 is 2.68 bits per heavy atom. The average molecular weight is 364 g/mol. The molecule has 2 amide bonds. The van der Waals surface area contributed by atoms with Crippen molar-refractivity contribution in [1.82, 2.24) is 20.0 Å². The number of amides is 2. The van der Waals surface area contributed by atoms with E-state index >= 15 is 0 Å². The maximum absolute atomic E-state index is 12.9. The van der Waals surface area contributed by atoms with Gasteiger partial charge in [0.05, 0.1) is 12.3 Å². The van der Waals surface area contributed by atoms with Gasteiger partial charge in [0.15, 0.2) is 0 Å². The highest BCUT2D eigenvalue weighted by Crippen LogP contribution is 2.17. The second-order valence-electron chi connectivity index (χ2n) is 5.63. The summed E-state index contributed by atoms with van der Waals surface area (Å²) < 4.78 is 18.1. The molecule has 0 radical (unpaired) electrons. The summed E-state index contributed by atoms with van der Waals surface area (Å²) >= 11 is 1.16. The summed E-state index contributed by atoms with van der Waals surface area (Å²) in [6.07, 6.45) is 0. The molecule has 9 heteroatoms. The second kappa shape index (κ2) is 7.64. The standard InChI is InChI=1S/C16H17FN4O3S/c1-11-18-19-16(24-11)25-10-15(23)21-7-6-20(14(22)9-21)8-12-2-4-13(17)5-3-12/h2-5H,6-10H2,1H3. The van der Waals surface area contributed by atoms with Crippen molar-refractivity contribution in [3.63, 3.8) is 0 Å². The number of carbonyl (C=O) groups is 2. The Bertz CT molecular complexity index is 765. The molecule has 1 aliphatic rings. The van der Waals surface area contributed by atoms with Gasteiger partial charge in [-0.15, -0.1) is 10.2 Å². The van der Waals surface area contributed by atoms with Gasteiger partial charge in [-0.1, -0.05) is 23.9 Å². The number of benzene rings is 1. The van der Waals surface area contributed by atoms with Crippen molar-refractivity contribution in [3.05, 3.63) is 41.5 Å². The summed E-state index contributed by atoms with van der Waals surface area (Å²) in [7, 11) is 0. The Morgan fingerprint density at radius 1 is 1.28 bits per heavy atom. The van der Waals surface area contributed by atoms with Crippen molar-refractivity contribution < 1.29 is 18.4 Å². The first-order valence-electron chi connectivity index (χ1n) is 7.74. The Morgan fingerprint density at radius 2 is 2.04 bits per heavy atom. The minimum absolute atomic E-state index is 0.0451. The third-order valence-electron chi connectivity index (χ3n) is 3.78. The quantitative estimate of drug-likeness (QED) is 0.748. The molecular formula is C16H17FN4O3S. The molecule has 0 unspecified atom stereocenters. The minimum atomic E-state index is -0.306. The lowest BCUT2D eigenvalue weighted by molar-refractivity contribution is -0.144. The fourth-order valence-electron chi connectivity index (χ4n) is 2.45. The van der Waals surface area contributed by atoms with Gasteiger partial charge >= 0.3 is 0 Å². The lowest BCUT2D eigenvalue weighted by Crippen LogP contribution is -2.52. The molecule has 1 aromatic heterocycles. The van der Waals surface area contributed by atoms with E-state index in [1.807, 2.05) is 0 Å². The van der Waals surface area contributed by atoms with Crippen LogP contribution in [0.15, 0.2) is 33.9 Å². The van der Waals surface area contributed by atoms with Gasteiger partial charge in [0.25, 0.3) is 5.22 Å². The highest BCUT2D eigenvalue weighted by molar-refractivity contribution is 7.99. The van der Waals surface area contributed by atoms with Crippen molar-refractivity contribution in [2.75, 3.05) is 25.4 Å². The molecule has 1 aromatic carbocycles. The summed E-state index contributed by atoms with van der Waals surface area (Å²) in [4.78, 5) is 27.7. The normalized spacial score (nSPS) is 14.9. The number of nitrogens with zero attached hydrogens (tertiary/aromatic N) is 4. The van der Waals surface area contributed by atoms with Crippen LogP contribution in [0.25, 0.3) is 0 Å². The maximum atomic E-state index is 12.9. The van der Waals surface area contributed by atoms with E-state index in [0.717, 1.165) is 17.3 Å².